The zero-order valence-electron chi connectivity index (χ0n) is 50.2. The fourth-order valence-corrected chi connectivity index (χ4v) is 14.1. The van der Waals surface area contributed by atoms with E-state index in [0.717, 1.165) is 4.48 Å². The summed E-state index contributed by atoms with van der Waals surface area (Å²) < 4.78 is 5.00. The monoisotopic (exact) mass is 1090 g/mol. The van der Waals surface area contributed by atoms with Crippen LogP contribution in [0.5, 0.6) is 0 Å². The molecule has 74 heavy (non-hydrogen) atoms. The van der Waals surface area contributed by atoms with Gasteiger partial charge in [-0.3, -0.25) is 0 Å². The van der Waals surface area contributed by atoms with E-state index >= 15 is 0 Å². The molecule has 1 atom stereocenters. The van der Waals surface area contributed by atoms with Crippen molar-refractivity contribution in [2.45, 2.75) is 120 Å². The lowest BCUT2D eigenvalue weighted by Gasteiger charge is -2.38. The second-order valence-electron chi connectivity index (χ2n) is 21.4. The summed E-state index contributed by atoms with van der Waals surface area (Å²) in [6.07, 6.45) is 11.4. The molecule has 1 unspecified atom stereocenters. The second-order valence-corrected chi connectivity index (χ2v) is 26.3. The SMILES string of the molecule is CCCC[N+](CC)(CCC)CCSCCc1ccccc1.CCC[N+](CC)(CCC)CCSCCc1ccccc1.CC[N+](CC)(CC)CCSCCc1ccccc1.C[N+](C)(C)CCSCCc1ccccc1. The van der Waals surface area contributed by atoms with Crippen molar-refractivity contribution < 1.29 is 17.9 Å². The molecule has 4 rings (SSSR count). The molecule has 0 N–H and O–H groups in total. The van der Waals surface area contributed by atoms with Crippen LogP contribution in [-0.2, 0) is 25.7 Å². The molecular formula is C66H116N4S4+4. The summed E-state index contributed by atoms with van der Waals surface area (Å²) >= 11 is 8.43. The summed E-state index contributed by atoms with van der Waals surface area (Å²) in [4.78, 5) is 0. The Morgan fingerprint density at radius 1 is 0.270 bits per heavy atom. The van der Waals surface area contributed by atoms with Crippen molar-refractivity contribution in [3.63, 3.8) is 0 Å². The van der Waals surface area contributed by atoms with Gasteiger partial charge in [0.05, 0.1) is 106 Å². The number of benzene rings is 4. The topological polar surface area (TPSA) is 0 Å². The van der Waals surface area contributed by atoms with Crippen molar-refractivity contribution in [2.24, 2.45) is 0 Å². The number of nitrogens with zero attached hydrogens (tertiary/aromatic N) is 4. The van der Waals surface area contributed by atoms with Gasteiger partial charge in [0.1, 0.15) is 0 Å². The minimum absolute atomic E-state index is 1.07. The molecule has 420 valence electrons. The predicted molar refractivity (Wildman–Crippen MR) is 346 cm³/mol. The van der Waals surface area contributed by atoms with E-state index in [-0.39, 0.29) is 0 Å². The standard InChI is InChI=1S/C19H34NS.C18H32NS.C16H28NS.C13H22NS/c1-4-7-15-20(6-3,14-5-2)16-18-21-17-13-19-11-9-8-10-12-19;1-4-13-19(6-3,14-5-2)15-17-20-16-12-18-10-8-7-9-11-18;1-4-17(5-2,6-3)13-15-18-14-12-16-10-8-7-9-11-16;1-14(2,3)10-12-15-11-9-13-7-5-4-6-8-13/h8-12H,4-7,13-18H2,1-3H3;7-11H,4-6,12-17H2,1-3H3;7-11H,4-6,12-15H2,1-3H3;4-8H,9-12H2,1-3H3/q4*+1. The van der Waals surface area contributed by atoms with Gasteiger partial charge in [-0.2, -0.15) is 47.0 Å². The van der Waals surface area contributed by atoms with Crippen molar-refractivity contribution in [2.75, 3.05) is 152 Å². The van der Waals surface area contributed by atoms with Gasteiger partial charge in [0.2, 0.25) is 0 Å². The van der Waals surface area contributed by atoms with Gasteiger partial charge in [-0.05, 0) is 131 Å². The number of quaternary nitrogens is 4. The number of rotatable bonds is 38. The Morgan fingerprint density at radius 3 is 0.770 bits per heavy atom. The molecule has 4 nitrogen and oxygen atoms in total. The molecule has 0 spiro atoms. The Hall–Kier alpha value is -1.88. The quantitative estimate of drug-likeness (QED) is 0.0324. The summed E-state index contributed by atoms with van der Waals surface area (Å²) in [5.74, 6) is 10.2. The van der Waals surface area contributed by atoms with Gasteiger partial charge in [0.15, 0.2) is 0 Å². The molecule has 8 heteroatoms. The normalized spacial score (nSPS) is 12.4. The Morgan fingerprint density at radius 2 is 0.527 bits per heavy atom. The number of aryl methyl sites for hydroxylation is 4. The van der Waals surface area contributed by atoms with Gasteiger partial charge in [0, 0.05) is 23.0 Å². The van der Waals surface area contributed by atoms with Crippen LogP contribution in [0.25, 0.3) is 0 Å². The molecule has 0 saturated carbocycles. The van der Waals surface area contributed by atoms with Crippen LogP contribution >= 0.6 is 47.0 Å². The van der Waals surface area contributed by atoms with Crippen LogP contribution in [0.2, 0.25) is 0 Å². The zero-order valence-corrected chi connectivity index (χ0v) is 53.4. The summed E-state index contributed by atoms with van der Waals surface area (Å²) in [7, 11) is 6.74. The molecule has 0 fully saturated rings. The fraction of sp³-hybridized carbons (Fsp3) is 0.636. The molecule has 0 saturated heterocycles. The molecule has 4 aromatic rings. The first-order valence-corrected chi connectivity index (χ1v) is 34.3. The average Bonchev–Trinajstić information content (AvgIpc) is 3.42. The predicted octanol–water partition coefficient (Wildman–Crippen LogP) is 16.1. The number of hydrogen-bond acceptors (Lipinski definition) is 4. The van der Waals surface area contributed by atoms with Gasteiger partial charge < -0.3 is 17.9 Å². The van der Waals surface area contributed by atoms with Crippen LogP contribution in [-0.4, -0.2) is 170 Å². The van der Waals surface area contributed by atoms with Gasteiger partial charge in [-0.15, -0.1) is 0 Å². The zero-order chi connectivity index (χ0) is 54.5. The highest BCUT2D eigenvalue weighted by molar-refractivity contribution is 7.99. The molecule has 0 aromatic heterocycles. The number of hydrogen-bond donors (Lipinski definition) is 0. The Kier molecular flexibility index (Phi) is 42.7. The molecule has 0 aliphatic carbocycles. The van der Waals surface area contributed by atoms with Gasteiger partial charge in [-0.25, -0.2) is 0 Å². The van der Waals surface area contributed by atoms with Gasteiger partial charge in [0.25, 0.3) is 0 Å². The van der Waals surface area contributed by atoms with Crippen LogP contribution in [0.15, 0.2) is 121 Å². The van der Waals surface area contributed by atoms with Gasteiger partial charge in [-0.1, -0.05) is 155 Å². The average molecular weight is 1090 g/mol. The number of unbranched alkanes of at least 4 members (excludes halogenated alkanes) is 1. The van der Waals surface area contributed by atoms with Crippen molar-refractivity contribution in [3.8, 4) is 0 Å². The van der Waals surface area contributed by atoms with Crippen LogP contribution < -0.4 is 0 Å². The smallest absolute Gasteiger partial charge is 0.0878 e. The van der Waals surface area contributed by atoms with Crippen LogP contribution in [0, 0.1) is 0 Å². The second kappa shape index (κ2) is 45.0. The lowest BCUT2D eigenvalue weighted by atomic mass is 10.2. The molecule has 4 aromatic carbocycles. The van der Waals surface area contributed by atoms with E-state index in [1.165, 1.54) is 225 Å². The van der Waals surface area contributed by atoms with Crippen LogP contribution in [0.3, 0.4) is 0 Å². The van der Waals surface area contributed by atoms with E-state index in [1.54, 1.807) is 0 Å². The summed E-state index contributed by atoms with van der Waals surface area (Å²) in [6, 6.07) is 43.3. The fourth-order valence-electron chi connectivity index (χ4n) is 9.54. The lowest BCUT2D eigenvalue weighted by Crippen LogP contribution is -2.50. The Labute approximate surface area is 477 Å². The van der Waals surface area contributed by atoms with E-state index in [4.69, 9.17) is 0 Å². The molecule has 0 aliphatic rings. The van der Waals surface area contributed by atoms with Crippen molar-refractivity contribution >= 4 is 47.0 Å². The van der Waals surface area contributed by atoms with E-state index in [2.05, 4.69) is 252 Å². The Bertz CT molecular complexity index is 1780. The first kappa shape index (κ1) is 70.1. The summed E-state index contributed by atoms with van der Waals surface area (Å²) in [5.41, 5.74) is 5.86. The van der Waals surface area contributed by atoms with Crippen LogP contribution in [0.4, 0.5) is 0 Å². The largest absolute Gasteiger partial charge is 0.330 e. The molecule has 0 bridgehead atoms. The third-order valence-electron chi connectivity index (χ3n) is 15.0. The molecule has 0 heterocycles. The lowest BCUT2D eigenvalue weighted by molar-refractivity contribution is -0.924. The van der Waals surface area contributed by atoms with Gasteiger partial charge >= 0.3 is 0 Å². The third-order valence-corrected chi connectivity index (χ3v) is 18.8. The third kappa shape index (κ3) is 34.8. The molecule has 0 aliphatic heterocycles. The molecular weight excluding hydrogens is 977 g/mol. The molecule has 0 radical (unpaired) electrons. The first-order chi connectivity index (χ1) is 35.9. The summed E-state index contributed by atoms with van der Waals surface area (Å²) in [6.45, 7) is 38.1. The maximum absolute atomic E-state index is 2.37. The minimum atomic E-state index is 1.07. The van der Waals surface area contributed by atoms with E-state index in [1.807, 2.05) is 0 Å². The van der Waals surface area contributed by atoms with Crippen molar-refractivity contribution in [1.82, 2.24) is 0 Å². The van der Waals surface area contributed by atoms with Crippen LogP contribution in [0.1, 0.15) is 117 Å². The van der Waals surface area contributed by atoms with Crippen molar-refractivity contribution in [3.05, 3.63) is 144 Å². The highest BCUT2D eigenvalue weighted by Crippen LogP contribution is 2.17. The summed E-state index contributed by atoms with van der Waals surface area (Å²) in [5, 5.41) is 0. The van der Waals surface area contributed by atoms with E-state index in [0.29, 0.717) is 0 Å². The maximum atomic E-state index is 2.37. The molecule has 0 amide bonds. The van der Waals surface area contributed by atoms with Crippen molar-refractivity contribution in [1.29, 1.82) is 0 Å². The number of thioether (sulfide) groups is 4. The highest BCUT2D eigenvalue weighted by Gasteiger charge is 2.24. The maximum Gasteiger partial charge on any atom is 0.0878 e. The van der Waals surface area contributed by atoms with E-state index < -0.39 is 0 Å². The Balaban J connectivity index is 0.000000497. The minimum Gasteiger partial charge on any atom is -0.330 e. The van der Waals surface area contributed by atoms with E-state index in [9.17, 15) is 0 Å². The highest BCUT2D eigenvalue weighted by atomic mass is 32.2. The first-order valence-electron chi connectivity index (χ1n) is 29.7.